The predicted molar refractivity (Wildman–Crippen MR) is 45.8 cm³/mol. The average Bonchev–Trinajstić information content (AvgIpc) is 2.70. The molecule has 0 radical (unpaired) electrons. The monoisotopic (exact) mass is 196 g/mol. The third kappa shape index (κ3) is 1.58. The van der Waals surface area contributed by atoms with E-state index in [0.29, 0.717) is 13.2 Å². The standard InChI is InChI=1S/C9H9FN2O2/c10-8-6-11-3-2-7(8)9(13)12-4-1-5-14-12/h2-3,6H,1,4-5H2. The SMILES string of the molecule is O=C(c1ccncc1F)N1CCCO1. The van der Waals surface area contributed by atoms with Crippen LogP contribution in [0.3, 0.4) is 0 Å². The molecule has 1 fully saturated rings. The number of amides is 1. The van der Waals surface area contributed by atoms with Crippen molar-refractivity contribution in [2.75, 3.05) is 13.2 Å². The van der Waals surface area contributed by atoms with E-state index in [9.17, 15) is 9.18 Å². The van der Waals surface area contributed by atoms with Gasteiger partial charge in [0.2, 0.25) is 0 Å². The number of aromatic nitrogens is 1. The Labute approximate surface area is 80.3 Å². The Kier molecular flexibility index (Phi) is 2.41. The molecule has 0 bridgehead atoms. The zero-order valence-electron chi connectivity index (χ0n) is 7.44. The van der Waals surface area contributed by atoms with Crippen molar-refractivity contribution in [2.24, 2.45) is 0 Å². The van der Waals surface area contributed by atoms with E-state index in [1.807, 2.05) is 0 Å². The molecule has 1 aliphatic heterocycles. The molecule has 0 N–H and O–H groups in total. The minimum absolute atomic E-state index is 0.00176. The van der Waals surface area contributed by atoms with Crippen LogP contribution in [0.5, 0.6) is 0 Å². The van der Waals surface area contributed by atoms with Gasteiger partial charge in [-0.05, 0) is 12.5 Å². The Balaban J connectivity index is 2.22. The number of carbonyl (C=O) groups excluding carboxylic acids is 1. The highest BCUT2D eigenvalue weighted by Gasteiger charge is 2.23. The first kappa shape index (κ1) is 9.08. The molecule has 1 aromatic rings. The maximum atomic E-state index is 13.1. The third-order valence-corrected chi connectivity index (χ3v) is 1.98. The number of halogens is 1. The topological polar surface area (TPSA) is 42.4 Å². The predicted octanol–water partition coefficient (Wildman–Crippen LogP) is 0.998. The number of pyridine rings is 1. The number of hydrogen-bond donors (Lipinski definition) is 0. The zero-order valence-corrected chi connectivity index (χ0v) is 7.44. The molecule has 0 unspecified atom stereocenters. The smallest absolute Gasteiger partial charge is 0.271 e. The highest BCUT2D eigenvalue weighted by Crippen LogP contribution is 2.12. The van der Waals surface area contributed by atoms with Crippen molar-refractivity contribution in [1.82, 2.24) is 10.0 Å². The lowest BCUT2D eigenvalue weighted by atomic mass is 10.2. The van der Waals surface area contributed by atoms with Gasteiger partial charge in [-0.2, -0.15) is 0 Å². The summed E-state index contributed by atoms with van der Waals surface area (Å²) >= 11 is 0. The van der Waals surface area contributed by atoms with Gasteiger partial charge in [0.25, 0.3) is 5.91 Å². The molecular formula is C9H9FN2O2. The minimum Gasteiger partial charge on any atom is -0.271 e. The zero-order chi connectivity index (χ0) is 9.97. The number of nitrogens with zero attached hydrogens (tertiary/aromatic N) is 2. The lowest BCUT2D eigenvalue weighted by Gasteiger charge is -2.13. The molecule has 14 heavy (non-hydrogen) atoms. The minimum atomic E-state index is -0.618. The quantitative estimate of drug-likeness (QED) is 0.672. The van der Waals surface area contributed by atoms with Crippen LogP contribution >= 0.6 is 0 Å². The second-order valence-electron chi connectivity index (χ2n) is 2.95. The van der Waals surface area contributed by atoms with Crippen LogP contribution in [0.1, 0.15) is 16.8 Å². The van der Waals surface area contributed by atoms with Crippen molar-refractivity contribution in [3.63, 3.8) is 0 Å². The van der Waals surface area contributed by atoms with Gasteiger partial charge in [-0.25, -0.2) is 9.45 Å². The van der Waals surface area contributed by atoms with E-state index < -0.39 is 11.7 Å². The van der Waals surface area contributed by atoms with Gasteiger partial charge >= 0.3 is 0 Å². The van der Waals surface area contributed by atoms with Crippen LogP contribution in [0.4, 0.5) is 4.39 Å². The molecule has 74 valence electrons. The summed E-state index contributed by atoms with van der Waals surface area (Å²) in [7, 11) is 0. The molecule has 5 heteroatoms. The Morgan fingerprint density at radius 2 is 2.50 bits per heavy atom. The lowest BCUT2D eigenvalue weighted by Crippen LogP contribution is -2.27. The number of carbonyl (C=O) groups is 1. The molecule has 2 rings (SSSR count). The first-order valence-electron chi connectivity index (χ1n) is 4.33. The van der Waals surface area contributed by atoms with E-state index in [0.717, 1.165) is 12.6 Å². The summed E-state index contributed by atoms with van der Waals surface area (Å²) in [6.07, 6.45) is 3.19. The molecular weight excluding hydrogens is 187 g/mol. The van der Waals surface area contributed by atoms with E-state index in [2.05, 4.69) is 4.98 Å². The van der Waals surface area contributed by atoms with Crippen LogP contribution in [-0.2, 0) is 4.84 Å². The van der Waals surface area contributed by atoms with Gasteiger partial charge in [0.05, 0.1) is 24.9 Å². The molecule has 0 saturated carbocycles. The third-order valence-electron chi connectivity index (χ3n) is 1.98. The van der Waals surface area contributed by atoms with E-state index in [1.54, 1.807) is 0 Å². The van der Waals surface area contributed by atoms with Crippen molar-refractivity contribution < 1.29 is 14.0 Å². The molecule has 1 aromatic heterocycles. The molecule has 0 atom stereocenters. The van der Waals surface area contributed by atoms with Crippen LogP contribution in [0.25, 0.3) is 0 Å². The van der Waals surface area contributed by atoms with Crippen LogP contribution in [-0.4, -0.2) is 29.1 Å². The van der Waals surface area contributed by atoms with Crippen LogP contribution in [0.2, 0.25) is 0 Å². The molecule has 2 heterocycles. The van der Waals surface area contributed by atoms with E-state index in [1.165, 1.54) is 17.3 Å². The van der Waals surface area contributed by atoms with Gasteiger partial charge in [0.1, 0.15) is 0 Å². The van der Waals surface area contributed by atoms with Crippen molar-refractivity contribution in [2.45, 2.75) is 6.42 Å². The molecule has 1 saturated heterocycles. The molecule has 0 spiro atoms. The summed E-state index contributed by atoms with van der Waals surface area (Å²) in [6.45, 7) is 1.03. The summed E-state index contributed by atoms with van der Waals surface area (Å²) in [5.41, 5.74) is 0.00176. The summed E-state index contributed by atoms with van der Waals surface area (Å²) in [5, 5.41) is 1.18. The lowest BCUT2D eigenvalue weighted by molar-refractivity contribution is -0.0770. The van der Waals surface area contributed by atoms with Crippen molar-refractivity contribution in [1.29, 1.82) is 0 Å². The van der Waals surface area contributed by atoms with Crippen LogP contribution in [0, 0.1) is 5.82 Å². The van der Waals surface area contributed by atoms with Crippen molar-refractivity contribution >= 4 is 5.91 Å². The van der Waals surface area contributed by atoms with E-state index in [-0.39, 0.29) is 5.56 Å². The maximum absolute atomic E-state index is 13.1. The summed E-state index contributed by atoms with van der Waals surface area (Å²) in [6, 6.07) is 1.35. The Hall–Kier alpha value is -1.49. The second kappa shape index (κ2) is 3.71. The fourth-order valence-electron chi connectivity index (χ4n) is 1.29. The Bertz CT molecular complexity index is 350. The Morgan fingerprint density at radius 3 is 3.14 bits per heavy atom. The summed E-state index contributed by atoms with van der Waals surface area (Å²) < 4.78 is 13.1. The van der Waals surface area contributed by atoms with Gasteiger partial charge in [-0.3, -0.25) is 14.6 Å². The molecule has 0 aliphatic carbocycles. The number of hydroxylamine groups is 2. The largest absolute Gasteiger partial charge is 0.280 e. The molecule has 0 aromatic carbocycles. The first-order chi connectivity index (χ1) is 6.79. The maximum Gasteiger partial charge on any atom is 0.280 e. The van der Waals surface area contributed by atoms with Gasteiger partial charge < -0.3 is 0 Å². The molecule has 4 nitrogen and oxygen atoms in total. The molecule has 1 amide bonds. The normalized spacial score (nSPS) is 15.9. The number of hydrogen-bond acceptors (Lipinski definition) is 3. The van der Waals surface area contributed by atoms with E-state index >= 15 is 0 Å². The average molecular weight is 196 g/mol. The number of rotatable bonds is 1. The van der Waals surface area contributed by atoms with Crippen LogP contribution < -0.4 is 0 Å². The van der Waals surface area contributed by atoms with E-state index in [4.69, 9.17) is 4.84 Å². The van der Waals surface area contributed by atoms with Gasteiger partial charge in [-0.15, -0.1) is 0 Å². The summed E-state index contributed by atoms with van der Waals surface area (Å²) in [5.74, 6) is -1.06. The van der Waals surface area contributed by atoms with Gasteiger partial charge in [0, 0.05) is 6.20 Å². The van der Waals surface area contributed by atoms with Crippen molar-refractivity contribution in [3.05, 3.63) is 29.8 Å². The highest BCUT2D eigenvalue weighted by molar-refractivity contribution is 5.93. The first-order valence-corrected chi connectivity index (χ1v) is 4.33. The van der Waals surface area contributed by atoms with Crippen molar-refractivity contribution in [3.8, 4) is 0 Å². The second-order valence-corrected chi connectivity index (χ2v) is 2.95. The fourth-order valence-corrected chi connectivity index (χ4v) is 1.29. The van der Waals surface area contributed by atoms with Gasteiger partial charge in [0.15, 0.2) is 5.82 Å². The fraction of sp³-hybridized carbons (Fsp3) is 0.333. The Morgan fingerprint density at radius 1 is 1.64 bits per heavy atom. The highest BCUT2D eigenvalue weighted by atomic mass is 19.1. The summed E-state index contributed by atoms with van der Waals surface area (Å²) in [4.78, 5) is 20.2. The van der Waals surface area contributed by atoms with Gasteiger partial charge in [-0.1, -0.05) is 0 Å². The van der Waals surface area contributed by atoms with Crippen LogP contribution in [0.15, 0.2) is 18.5 Å². The molecule has 1 aliphatic rings.